The minimum atomic E-state index is -0.780. The highest BCUT2D eigenvalue weighted by Crippen LogP contribution is 2.76. The molecule has 1 aliphatic heterocycles. The van der Waals surface area contributed by atoms with Crippen LogP contribution in [0.2, 0.25) is 5.02 Å². The number of nitrogens with one attached hydrogen (secondary N) is 1. The van der Waals surface area contributed by atoms with Crippen LogP contribution in [0.25, 0.3) is 0 Å². The summed E-state index contributed by atoms with van der Waals surface area (Å²) in [6, 6.07) is 3.26. The van der Waals surface area contributed by atoms with E-state index in [1.807, 2.05) is 5.38 Å². The first-order valence-electron chi connectivity index (χ1n) is 9.82. The predicted octanol–water partition coefficient (Wildman–Crippen LogP) is 4.21. The number of hydrogen-bond donors (Lipinski definition) is 1. The van der Waals surface area contributed by atoms with Crippen LogP contribution in [0, 0.1) is 16.6 Å². The number of allylic oxidation sites excluding steroid dienone is 1. The molecule has 2 aromatic rings. The van der Waals surface area contributed by atoms with Crippen molar-refractivity contribution in [3.8, 4) is 0 Å². The molecule has 2 heterocycles. The predicted molar refractivity (Wildman–Crippen MR) is 114 cm³/mol. The van der Waals surface area contributed by atoms with Crippen molar-refractivity contribution < 1.29 is 18.7 Å². The number of aliphatic imine (C=N–C) groups is 1. The number of esters is 1. The number of aromatic nitrogens is 1. The summed E-state index contributed by atoms with van der Waals surface area (Å²) >= 11 is 7.78. The third-order valence-corrected chi connectivity index (χ3v) is 7.76. The Morgan fingerprint density at radius 3 is 2.65 bits per heavy atom. The number of ether oxygens (including phenoxy) is 1. The van der Waals surface area contributed by atoms with E-state index in [0.717, 1.165) is 0 Å². The number of nitrogens with zero attached hydrogens (tertiary/aromatic N) is 2. The van der Waals surface area contributed by atoms with E-state index in [1.165, 1.54) is 36.6 Å². The molecule has 3 fully saturated rings. The van der Waals surface area contributed by atoms with E-state index in [1.54, 1.807) is 13.1 Å². The molecule has 9 heteroatoms. The van der Waals surface area contributed by atoms with Crippen LogP contribution >= 0.6 is 22.9 Å². The number of carbonyl (C=O) groups excluding carboxylic acids is 2. The third-order valence-electron chi connectivity index (χ3n) is 6.65. The van der Waals surface area contributed by atoms with Gasteiger partial charge in [0.2, 0.25) is 0 Å². The van der Waals surface area contributed by atoms with Gasteiger partial charge in [-0.25, -0.2) is 14.2 Å². The van der Waals surface area contributed by atoms with Crippen LogP contribution in [0.3, 0.4) is 0 Å². The van der Waals surface area contributed by atoms with Crippen LogP contribution in [-0.2, 0) is 14.3 Å². The van der Waals surface area contributed by atoms with Crippen molar-refractivity contribution in [2.45, 2.75) is 32.2 Å². The highest BCUT2D eigenvalue weighted by Gasteiger charge is 2.72. The number of ketones is 1. The van der Waals surface area contributed by atoms with Crippen LogP contribution in [0.4, 0.5) is 4.39 Å². The van der Waals surface area contributed by atoms with Gasteiger partial charge in [-0.1, -0.05) is 17.7 Å². The maximum atomic E-state index is 13.7. The lowest BCUT2D eigenvalue weighted by Gasteiger charge is -2.70. The van der Waals surface area contributed by atoms with Crippen molar-refractivity contribution in [1.29, 1.82) is 0 Å². The Bertz CT molecular complexity index is 1150. The fraction of sp³-hybridized carbons (Fsp3) is 0.364. The molecule has 160 valence electrons. The van der Waals surface area contributed by atoms with Crippen molar-refractivity contribution >= 4 is 40.5 Å². The zero-order valence-corrected chi connectivity index (χ0v) is 18.4. The Balaban J connectivity index is 1.66. The van der Waals surface area contributed by atoms with Gasteiger partial charge in [-0.15, -0.1) is 11.3 Å². The molecule has 3 saturated carbocycles. The van der Waals surface area contributed by atoms with Gasteiger partial charge in [0.1, 0.15) is 17.6 Å². The summed E-state index contributed by atoms with van der Waals surface area (Å²) in [6.45, 7) is 1.62. The van der Waals surface area contributed by atoms with Crippen LogP contribution in [-0.4, -0.2) is 29.7 Å². The molecule has 1 N–H and O–H groups in total. The normalized spacial score (nSPS) is 28.8. The Morgan fingerprint density at radius 2 is 2.06 bits per heavy atom. The SMILES string of the molecule is COC(=O)C1=C(C23CC(C(C)=O)(C2)C3)NC(c2nccs2)=NC1c1ccc(F)cc1Cl. The van der Waals surface area contributed by atoms with E-state index in [9.17, 15) is 14.0 Å². The molecule has 0 spiro atoms. The zero-order chi connectivity index (χ0) is 22.0. The van der Waals surface area contributed by atoms with Gasteiger partial charge in [0.05, 0.1) is 12.7 Å². The van der Waals surface area contributed by atoms with E-state index in [4.69, 9.17) is 21.3 Å². The second kappa shape index (κ2) is 6.97. The molecule has 4 aliphatic rings. The lowest BCUT2D eigenvalue weighted by molar-refractivity contribution is -0.189. The van der Waals surface area contributed by atoms with Gasteiger partial charge in [0, 0.05) is 38.7 Å². The van der Waals surface area contributed by atoms with E-state index in [0.29, 0.717) is 46.9 Å². The fourth-order valence-electron chi connectivity index (χ4n) is 5.11. The van der Waals surface area contributed by atoms with Gasteiger partial charge in [-0.05, 0) is 38.3 Å². The van der Waals surface area contributed by atoms with Crippen molar-refractivity contribution in [3.63, 3.8) is 0 Å². The van der Waals surface area contributed by atoms with Crippen LogP contribution < -0.4 is 5.32 Å². The van der Waals surface area contributed by atoms with Crippen molar-refractivity contribution in [3.05, 3.63) is 62.5 Å². The van der Waals surface area contributed by atoms with Gasteiger partial charge < -0.3 is 10.1 Å². The maximum Gasteiger partial charge on any atom is 0.338 e. The highest BCUT2D eigenvalue weighted by molar-refractivity contribution is 7.11. The Kier molecular flexibility index (Phi) is 4.57. The summed E-state index contributed by atoms with van der Waals surface area (Å²) < 4.78 is 18.8. The maximum absolute atomic E-state index is 13.7. The topological polar surface area (TPSA) is 80.7 Å². The van der Waals surface area contributed by atoms with Crippen molar-refractivity contribution in [2.75, 3.05) is 7.11 Å². The lowest BCUT2D eigenvalue weighted by atomic mass is 9.33. The minimum Gasteiger partial charge on any atom is -0.466 e. The van der Waals surface area contributed by atoms with Crippen LogP contribution in [0.1, 0.15) is 42.8 Å². The van der Waals surface area contributed by atoms with Crippen molar-refractivity contribution in [2.24, 2.45) is 15.8 Å². The van der Waals surface area contributed by atoms with Gasteiger partial charge in [0.25, 0.3) is 0 Å². The molecule has 1 unspecified atom stereocenters. The second-order valence-corrected chi connectivity index (χ2v) is 9.74. The lowest BCUT2D eigenvalue weighted by Crippen LogP contribution is -2.68. The molecule has 2 bridgehead atoms. The number of benzene rings is 1. The molecule has 1 aromatic heterocycles. The zero-order valence-electron chi connectivity index (χ0n) is 16.9. The number of rotatable bonds is 5. The molecule has 1 atom stereocenters. The summed E-state index contributed by atoms with van der Waals surface area (Å²) in [7, 11) is 1.31. The molecule has 1 aromatic carbocycles. The summed E-state index contributed by atoms with van der Waals surface area (Å²) in [5.41, 5.74) is 0.929. The molecule has 0 amide bonds. The Labute approximate surface area is 187 Å². The minimum absolute atomic E-state index is 0.174. The molecule has 6 nitrogen and oxygen atoms in total. The number of halogens is 2. The monoisotopic (exact) mass is 459 g/mol. The van der Waals surface area contributed by atoms with Crippen molar-refractivity contribution in [1.82, 2.24) is 10.3 Å². The molecule has 6 rings (SSSR count). The van der Waals surface area contributed by atoms with Gasteiger partial charge in [-0.3, -0.25) is 9.79 Å². The molecule has 0 saturated heterocycles. The molecular weight excluding hydrogens is 441 g/mol. The van der Waals surface area contributed by atoms with Gasteiger partial charge >= 0.3 is 5.97 Å². The third kappa shape index (κ3) is 2.96. The quantitative estimate of drug-likeness (QED) is 0.677. The summed E-state index contributed by atoms with van der Waals surface area (Å²) in [5, 5.41) is 6.01. The Morgan fingerprint density at radius 1 is 1.32 bits per heavy atom. The number of hydrogen-bond acceptors (Lipinski definition) is 7. The molecule has 31 heavy (non-hydrogen) atoms. The first-order chi connectivity index (χ1) is 14.8. The number of carbonyl (C=O) groups is 2. The van der Waals surface area contributed by atoms with E-state index in [2.05, 4.69) is 10.3 Å². The second-order valence-electron chi connectivity index (χ2n) is 8.44. The van der Waals surface area contributed by atoms with Crippen LogP contribution in [0.15, 0.2) is 46.0 Å². The largest absolute Gasteiger partial charge is 0.466 e. The standard InChI is InChI=1S/C22H19ClFN3O3S/c1-11(28)21-8-22(9-21,10-21)17-15(20(29)30-2)16(13-4-3-12(24)7-14(13)23)26-18(27-17)19-25-5-6-31-19/h3-7,16H,8-10H2,1-2H3,(H,26,27). The summed E-state index contributed by atoms with van der Waals surface area (Å²) in [4.78, 5) is 34.1. The first-order valence-corrected chi connectivity index (χ1v) is 11.1. The smallest absolute Gasteiger partial charge is 0.338 e. The van der Waals surface area contributed by atoms with E-state index < -0.39 is 17.8 Å². The van der Waals surface area contributed by atoms with E-state index >= 15 is 0 Å². The molecule has 0 radical (unpaired) electrons. The average Bonchev–Trinajstić information content (AvgIpc) is 3.19. The number of thiazole rings is 1. The number of Topliss-reactive ketones (excluding diaryl/α,β-unsaturated/α-hetero) is 1. The number of amidine groups is 1. The summed E-state index contributed by atoms with van der Waals surface area (Å²) in [5.74, 6) is -0.308. The number of methoxy groups -OCH3 is 1. The van der Waals surface area contributed by atoms with Gasteiger partial charge in [-0.2, -0.15) is 0 Å². The first kappa shape index (κ1) is 20.3. The van der Waals surface area contributed by atoms with Gasteiger partial charge in [0.15, 0.2) is 10.8 Å². The molecular formula is C22H19ClFN3O3S. The highest BCUT2D eigenvalue weighted by atomic mass is 35.5. The average molecular weight is 460 g/mol. The van der Waals surface area contributed by atoms with Crippen LogP contribution in [0.5, 0.6) is 0 Å². The van der Waals surface area contributed by atoms with E-state index in [-0.39, 0.29) is 21.6 Å². The molecule has 3 aliphatic carbocycles. The summed E-state index contributed by atoms with van der Waals surface area (Å²) in [6.07, 6.45) is 3.70. The Hall–Kier alpha value is -2.58. The fourth-order valence-corrected chi connectivity index (χ4v) is 5.97.